The van der Waals surface area contributed by atoms with Crippen molar-refractivity contribution in [2.45, 2.75) is 77.4 Å². The Bertz CT molecular complexity index is 418. The van der Waals surface area contributed by atoms with Crippen LogP contribution in [0.25, 0.3) is 0 Å². The van der Waals surface area contributed by atoms with Crippen LogP contribution in [0.5, 0.6) is 0 Å². The second-order valence-electron chi connectivity index (χ2n) is 7.95. The molecule has 1 aliphatic heterocycles. The summed E-state index contributed by atoms with van der Waals surface area (Å²) in [7, 11) is 0. The normalized spacial score (nSPS) is 21.0. The summed E-state index contributed by atoms with van der Waals surface area (Å²) in [6, 6.07) is 0.325. The van der Waals surface area contributed by atoms with Gasteiger partial charge < -0.3 is 19.9 Å². The van der Waals surface area contributed by atoms with Crippen LogP contribution >= 0.6 is 0 Å². The molecule has 1 heterocycles. The van der Waals surface area contributed by atoms with Gasteiger partial charge in [0, 0.05) is 32.2 Å². The first-order valence-corrected chi connectivity index (χ1v) is 9.38. The fourth-order valence-electron chi connectivity index (χ4n) is 3.28. The van der Waals surface area contributed by atoms with E-state index in [2.05, 4.69) is 5.32 Å². The standard InChI is InChI=1S/C18H33N3O3/c1-18(2,3)24-17(23)21-13-11-20(12-14-21)16(22)19-15-9-7-5-4-6-8-10-15/h15H,4-14H2,1-3H3,(H,19,22). The Morgan fingerprint density at radius 2 is 1.38 bits per heavy atom. The highest BCUT2D eigenvalue weighted by Crippen LogP contribution is 2.18. The van der Waals surface area contributed by atoms with E-state index in [1.54, 1.807) is 4.90 Å². The van der Waals surface area contributed by atoms with Gasteiger partial charge in [-0.05, 0) is 33.6 Å². The maximum atomic E-state index is 12.4. The van der Waals surface area contributed by atoms with E-state index in [0.717, 1.165) is 12.8 Å². The zero-order valence-electron chi connectivity index (χ0n) is 15.5. The van der Waals surface area contributed by atoms with E-state index in [4.69, 9.17) is 4.74 Å². The van der Waals surface area contributed by atoms with Crippen LogP contribution in [-0.2, 0) is 4.74 Å². The zero-order chi connectivity index (χ0) is 17.6. The molecule has 0 radical (unpaired) electrons. The van der Waals surface area contributed by atoms with Crippen molar-refractivity contribution in [2.75, 3.05) is 26.2 Å². The topological polar surface area (TPSA) is 61.9 Å². The quantitative estimate of drug-likeness (QED) is 0.797. The molecule has 0 unspecified atom stereocenters. The fraction of sp³-hybridized carbons (Fsp3) is 0.889. The molecule has 0 aromatic carbocycles. The van der Waals surface area contributed by atoms with Crippen molar-refractivity contribution in [2.24, 2.45) is 0 Å². The first-order chi connectivity index (χ1) is 11.3. The molecule has 6 heteroatoms. The van der Waals surface area contributed by atoms with Crippen LogP contribution < -0.4 is 5.32 Å². The molecule has 0 aromatic rings. The van der Waals surface area contributed by atoms with E-state index in [1.807, 2.05) is 25.7 Å². The molecule has 2 rings (SSSR count). The smallest absolute Gasteiger partial charge is 0.410 e. The molecule has 2 fully saturated rings. The largest absolute Gasteiger partial charge is 0.444 e. The molecule has 1 aliphatic carbocycles. The van der Waals surface area contributed by atoms with E-state index in [9.17, 15) is 9.59 Å². The van der Waals surface area contributed by atoms with Crippen LogP contribution in [0.4, 0.5) is 9.59 Å². The van der Waals surface area contributed by atoms with Gasteiger partial charge in [-0.2, -0.15) is 0 Å². The molecule has 0 bridgehead atoms. The van der Waals surface area contributed by atoms with Gasteiger partial charge in [0.05, 0.1) is 0 Å². The molecule has 1 saturated carbocycles. The molecule has 24 heavy (non-hydrogen) atoms. The van der Waals surface area contributed by atoms with Crippen molar-refractivity contribution >= 4 is 12.1 Å². The summed E-state index contributed by atoms with van der Waals surface area (Å²) in [5.41, 5.74) is -0.482. The number of ether oxygens (including phenoxy) is 1. The second kappa shape index (κ2) is 8.58. The lowest BCUT2D eigenvalue weighted by atomic mass is 9.97. The number of piperazine rings is 1. The average Bonchev–Trinajstić information content (AvgIpc) is 2.48. The SMILES string of the molecule is CC(C)(C)OC(=O)N1CCN(C(=O)NC2CCCCCCC2)CC1. The van der Waals surface area contributed by atoms with E-state index in [-0.39, 0.29) is 12.1 Å². The average molecular weight is 339 g/mol. The maximum absolute atomic E-state index is 12.4. The number of carbonyl (C=O) groups is 2. The third kappa shape index (κ3) is 6.21. The second-order valence-corrected chi connectivity index (χ2v) is 7.95. The minimum Gasteiger partial charge on any atom is -0.444 e. The van der Waals surface area contributed by atoms with Crippen LogP contribution in [0.1, 0.15) is 65.7 Å². The molecule has 0 atom stereocenters. The molecule has 0 spiro atoms. The lowest BCUT2D eigenvalue weighted by Gasteiger charge is -2.36. The van der Waals surface area contributed by atoms with Crippen molar-refractivity contribution in [3.8, 4) is 0 Å². The van der Waals surface area contributed by atoms with Crippen molar-refractivity contribution in [1.82, 2.24) is 15.1 Å². The Kier molecular flexibility index (Phi) is 6.75. The first-order valence-electron chi connectivity index (χ1n) is 9.38. The molecule has 0 aromatic heterocycles. The molecular weight excluding hydrogens is 306 g/mol. The lowest BCUT2D eigenvalue weighted by molar-refractivity contribution is 0.0169. The summed E-state index contributed by atoms with van der Waals surface area (Å²) in [5.74, 6) is 0. The summed E-state index contributed by atoms with van der Waals surface area (Å²) in [5, 5.41) is 3.19. The summed E-state index contributed by atoms with van der Waals surface area (Å²) in [6.45, 7) is 7.80. The summed E-state index contributed by atoms with van der Waals surface area (Å²) < 4.78 is 5.39. The molecule has 138 valence electrons. The van der Waals surface area contributed by atoms with Gasteiger partial charge in [0.1, 0.15) is 5.60 Å². The van der Waals surface area contributed by atoms with Gasteiger partial charge >= 0.3 is 12.1 Å². The van der Waals surface area contributed by atoms with Crippen molar-refractivity contribution in [1.29, 1.82) is 0 Å². The van der Waals surface area contributed by atoms with Gasteiger partial charge in [0.25, 0.3) is 0 Å². The van der Waals surface area contributed by atoms with Crippen LogP contribution in [0.15, 0.2) is 0 Å². The van der Waals surface area contributed by atoms with Crippen molar-refractivity contribution in [3.05, 3.63) is 0 Å². The Morgan fingerprint density at radius 3 is 1.92 bits per heavy atom. The van der Waals surface area contributed by atoms with Crippen molar-refractivity contribution in [3.63, 3.8) is 0 Å². The first kappa shape index (κ1) is 18.9. The number of rotatable bonds is 1. The highest BCUT2D eigenvalue weighted by Gasteiger charge is 2.28. The molecule has 1 saturated heterocycles. The van der Waals surface area contributed by atoms with Gasteiger partial charge in [0.15, 0.2) is 0 Å². The number of amides is 3. The maximum Gasteiger partial charge on any atom is 0.410 e. The Labute approximate surface area is 145 Å². The number of nitrogens with zero attached hydrogens (tertiary/aromatic N) is 2. The molecule has 1 N–H and O–H groups in total. The van der Waals surface area contributed by atoms with Crippen LogP contribution in [0.3, 0.4) is 0 Å². The van der Waals surface area contributed by atoms with E-state index >= 15 is 0 Å². The summed E-state index contributed by atoms with van der Waals surface area (Å²) >= 11 is 0. The highest BCUT2D eigenvalue weighted by molar-refractivity contribution is 5.75. The lowest BCUT2D eigenvalue weighted by Crippen LogP contribution is -2.55. The van der Waals surface area contributed by atoms with Crippen LogP contribution in [0, 0.1) is 0 Å². The molecular formula is C18H33N3O3. The number of nitrogens with one attached hydrogen (secondary N) is 1. The summed E-state index contributed by atoms with van der Waals surface area (Å²) in [6.07, 6.45) is 8.18. The monoisotopic (exact) mass is 339 g/mol. The Morgan fingerprint density at radius 1 is 0.875 bits per heavy atom. The van der Waals surface area contributed by atoms with E-state index < -0.39 is 5.60 Å². The van der Waals surface area contributed by atoms with Crippen LogP contribution in [-0.4, -0.2) is 59.7 Å². The van der Waals surface area contributed by atoms with Gasteiger partial charge in [-0.15, -0.1) is 0 Å². The van der Waals surface area contributed by atoms with Crippen LogP contribution in [0.2, 0.25) is 0 Å². The van der Waals surface area contributed by atoms with Gasteiger partial charge in [-0.3, -0.25) is 0 Å². The third-order valence-electron chi connectivity index (χ3n) is 4.65. The van der Waals surface area contributed by atoms with Gasteiger partial charge in [-0.25, -0.2) is 9.59 Å². The number of hydrogen-bond donors (Lipinski definition) is 1. The zero-order valence-corrected chi connectivity index (χ0v) is 15.5. The Balaban J connectivity index is 1.74. The van der Waals surface area contributed by atoms with E-state index in [0.29, 0.717) is 32.2 Å². The molecule has 6 nitrogen and oxygen atoms in total. The number of carbonyl (C=O) groups excluding carboxylic acids is 2. The molecule has 2 aliphatic rings. The van der Waals surface area contributed by atoms with Gasteiger partial charge in [0.2, 0.25) is 0 Å². The molecule has 3 amide bonds. The minimum atomic E-state index is -0.482. The predicted octanol–water partition coefficient (Wildman–Crippen LogP) is 3.36. The predicted molar refractivity (Wildman–Crippen MR) is 94.0 cm³/mol. The van der Waals surface area contributed by atoms with Crippen molar-refractivity contribution < 1.29 is 14.3 Å². The number of hydrogen-bond acceptors (Lipinski definition) is 3. The van der Waals surface area contributed by atoms with E-state index in [1.165, 1.54) is 32.1 Å². The summed E-state index contributed by atoms with van der Waals surface area (Å²) in [4.78, 5) is 28.0. The Hall–Kier alpha value is -1.46. The highest BCUT2D eigenvalue weighted by atomic mass is 16.6. The third-order valence-corrected chi connectivity index (χ3v) is 4.65. The fourth-order valence-corrected chi connectivity index (χ4v) is 3.28. The van der Waals surface area contributed by atoms with Gasteiger partial charge in [-0.1, -0.05) is 32.1 Å². The number of urea groups is 1. The minimum absolute atomic E-state index is 0.0180.